The van der Waals surface area contributed by atoms with Gasteiger partial charge in [0.2, 0.25) is 5.91 Å². The zero-order chi connectivity index (χ0) is 11.5. The highest BCUT2D eigenvalue weighted by Crippen LogP contribution is 2.19. The van der Waals surface area contributed by atoms with Gasteiger partial charge in [-0.15, -0.1) is 0 Å². The summed E-state index contributed by atoms with van der Waals surface area (Å²) >= 11 is 0. The summed E-state index contributed by atoms with van der Waals surface area (Å²) < 4.78 is 0. The molecule has 0 aromatic carbocycles. The summed E-state index contributed by atoms with van der Waals surface area (Å²) in [7, 11) is 0. The van der Waals surface area contributed by atoms with Crippen LogP contribution in [0.4, 0.5) is 0 Å². The van der Waals surface area contributed by atoms with Crippen LogP contribution in [0.3, 0.4) is 0 Å². The summed E-state index contributed by atoms with van der Waals surface area (Å²) in [6, 6.07) is 0. The number of nitrogens with one attached hydrogen (secondary N) is 2. The molecule has 2 N–H and O–H groups in total. The molecule has 1 aliphatic heterocycles. The average molecular weight is 212 g/mol. The van der Waals surface area contributed by atoms with Crippen LogP contribution in [-0.2, 0) is 4.79 Å². The lowest BCUT2D eigenvalue weighted by molar-refractivity contribution is -0.128. The molecule has 1 fully saturated rings. The molecule has 1 rings (SSSR count). The topological polar surface area (TPSA) is 41.1 Å². The van der Waals surface area contributed by atoms with Gasteiger partial charge in [-0.1, -0.05) is 20.8 Å². The number of hydrogen-bond acceptors (Lipinski definition) is 2. The molecule has 3 nitrogen and oxygen atoms in total. The minimum atomic E-state index is -0.344. The van der Waals surface area contributed by atoms with Crippen molar-refractivity contribution < 1.29 is 4.79 Å². The molecule has 0 aliphatic carbocycles. The maximum atomic E-state index is 12.0. The molecule has 0 spiro atoms. The van der Waals surface area contributed by atoms with Gasteiger partial charge in [0.25, 0.3) is 0 Å². The van der Waals surface area contributed by atoms with Crippen LogP contribution in [0.5, 0.6) is 0 Å². The summed E-state index contributed by atoms with van der Waals surface area (Å²) in [6.45, 7) is 10.1. The second-order valence-corrected chi connectivity index (χ2v) is 5.96. The molecular formula is C12H24N2O. The quantitative estimate of drug-likeness (QED) is 0.731. The standard InChI is InChI=1S/C12H24N2O/c1-11(2,3)9-13-10(15)12(4)7-5-6-8-14-12/h14H,5-9H2,1-4H3,(H,13,15). The van der Waals surface area contributed by atoms with Gasteiger partial charge >= 0.3 is 0 Å². The number of amides is 1. The Kier molecular flexibility index (Phi) is 3.77. The van der Waals surface area contributed by atoms with Crippen molar-refractivity contribution in [2.24, 2.45) is 5.41 Å². The lowest BCUT2D eigenvalue weighted by atomic mass is 9.89. The van der Waals surface area contributed by atoms with E-state index in [1.807, 2.05) is 6.92 Å². The van der Waals surface area contributed by atoms with Crippen LogP contribution >= 0.6 is 0 Å². The van der Waals surface area contributed by atoms with Crippen molar-refractivity contribution in [3.05, 3.63) is 0 Å². The first-order valence-corrected chi connectivity index (χ1v) is 5.87. The van der Waals surface area contributed by atoms with E-state index in [0.717, 1.165) is 25.9 Å². The third kappa shape index (κ3) is 3.82. The van der Waals surface area contributed by atoms with Gasteiger partial charge in [-0.2, -0.15) is 0 Å². The number of rotatable bonds is 2. The van der Waals surface area contributed by atoms with E-state index < -0.39 is 0 Å². The van der Waals surface area contributed by atoms with Crippen LogP contribution in [0.25, 0.3) is 0 Å². The van der Waals surface area contributed by atoms with Gasteiger partial charge in [-0.3, -0.25) is 4.79 Å². The van der Waals surface area contributed by atoms with Crippen molar-refractivity contribution in [1.82, 2.24) is 10.6 Å². The molecule has 88 valence electrons. The predicted octanol–water partition coefficient (Wildman–Crippen LogP) is 1.68. The normalized spacial score (nSPS) is 27.5. The zero-order valence-electron chi connectivity index (χ0n) is 10.4. The first-order chi connectivity index (χ1) is 6.83. The molecule has 0 bridgehead atoms. The lowest BCUT2D eigenvalue weighted by Crippen LogP contribution is -2.57. The minimum absolute atomic E-state index is 0.150. The van der Waals surface area contributed by atoms with E-state index in [1.54, 1.807) is 0 Å². The third-order valence-electron chi connectivity index (χ3n) is 2.90. The number of carbonyl (C=O) groups is 1. The molecule has 3 heteroatoms. The van der Waals surface area contributed by atoms with Crippen molar-refractivity contribution in [3.8, 4) is 0 Å². The first kappa shape index (κ1) is 12.5. The van der Waals surface area contributed by atoms with Gasteiger partial charge in [0, 0.05) is 6.54 Å². The Bertz CT molecular complexity index is 224. The van der Waals surface area contributed by atoms with E-state index in [-0.39, 0.29) is 16.9 Å². The lowest BCUT2D eigenvalue weighted by Gasteiger charge is -2.34. The predicted molar refractivity (Wildman–Crippen MR) is 62.7 cm³/mol. The fraction of sp³-hybridized carbons (Fsp3) is 0.917. The SMILES string of the molecule is CC(C)(C)CNC(=O)C1(C)CCCCN1. The molecule has 15 heavy (non-hydrogen) atoms. The van der Waals surface area contributed by atoms with Crippen LogP contribution in [0.1, 0.15) is 47.0 Å². The third-order valence-corrected chi connectivity index (χ3v) is 2.90. The van der Waals surface area contributed by atoms with Crippen LogP contribution in [0, 0.1) is 5.41 Å². The summed E-state index contributed by atoms with van der Waals surface area (Å²) in [5.41, 5.74) is -0.190. The summed E-state index contributed by atoms with van der Waals surface area (Å²) in [4.78, 5) is 12.0. The van der Waals surface area contributed by atoms with E-state index in [9.17, 15) is 4.79 Å². The number of hydrogen-bond donors (Lipinski definition) is 2. The monoisotopic (exact) mass is 212 g/mol. The Morgan fingerprint density at radius 1 is 1.40 bits per heavy atom. The van der Waals surface area contributed by atoms with Crippen molar-refractivity contribution in [1.29, 1.82) is 0 Å². The largest absolute Gasteiger partial charge is 0.354 e. The Labute approximate surface area is 93.0 Å². The Morgan fingerprint density at radius 3 is 2.53 bits per heavy atom. The zero-order valence-corrected chi connectivity index (χ0v) is 10.4. The summed E-state index contributed by atoms with van der Waals surface area (Å²) in [5.74, 6) is 0.150. The second kappa shape index (κ2) is 4.52. The van der Waals surface area contributed by atoms with E-state index in [1.165, 1.54) is 6.42 Å². The summed E-state index contributed by atoms with van der Waals surface area (Å²) in [5, 5.41) is 6.35. The smallest absolute Gasteiger partial charge is 0.240 e. The molecule has 1 heterocycles. The molecule has 0 saturated carbocycles. The van der Waals surface area contributed by atoms with Gasteiger partial charge in [-0.25, -0.2) is 0 Å². The van der Waals surface area contributed by atoms with Crippen LogP contribution in [0.2, 0.25) is 0 Å². The van der Waals surface area contributed by atoms with E-state index in [4.69, 9.17) is 0 Å². The maximum Gasteiger partial charge on any atom is 0.240 e. The highest BCUT2D eigenvalue weighted by molar-refractivity contribution is 5.86. The van der Waals surface area contributed by atoms with Crippen LogP contribution in [-0.4, -0.2) is 24.5 Å². The molecule has 1 aliphatic rings. The highest BCUT2D eigenvalue weighted by atomic mass is 16.2. The van der Waals surface area contributed by atoms with E-state index in [2.05, 4.69) is 31.4 Å². The van der Waals surface area contributed by atoms with Crippen molar-refractivity contribution in [2.45, 2.75) is 52.5 Å². The van der Waals surface area contributed by atoms with Crippen LogP contribution in [0.15, 0.2) is 0 Å². The minimum Gasteiger partial charge on any atom is -0.354 e. The molecule has 0 radical (unpaired) electrons. The maximum absolute atomic E-state index is 12.0. The molecule has 1 atom stereocenters. The fourth-order valence-corrected chi connectivity index (χ4v) is 1.79. The van der Waals surface area contributed by atoms with Gasteiger partial charge in [0.05, 0.1) is 5.54 Å². The van der Waals surface area contributed by atoms with E-state index in [0.29, 0.717) is 0 Å². The molecular weight excluding hydrogens is 188 g/mol. The first-order valence-electron chi connectivity index (χ1n) is 5.87. The Balaban J connectivity index is 2.45. The number of carbonyl (C=O) groups excluding carboxylic acids is 1. The van der Waals surface area contributed by atoms with Crippen molar-refractivity contribution >= 4 is 5.91 Å². The van der Waals surface area contributed by atoms with Gasteiger partial charge in [0.1, 0.15) is 0 Å². The van der Waals surface area contributed by atoms with Crippen LogP contribution < -0.4 is 10.6 Å². The second-order valence-electron chi connectivity index (χ2n) is 5.96. The van der Waals surface area contributed by atoms with Gasteiger partial charge in [0.15, 0.2) is 0 Å². The van der Waals surface area contributed by atoms with Crippen molar-refractivity contribution in [2.75, 3.05) is 13.1 Å². The molecule has 1 saturated heterocycles. The van der Waals surface area contributed by atoms with E-state index >= 15 is 0 Å². The Morgan fingerprint density at radius 2 is 2.07 bits per heavy atom. The average Bonchev–Trinajstić information content (AvgIpc) is 2.14. The summed E-state index contributed by atoms with van der Waals surface area (Å²) in [6.07, 6.45) is 3.28. The fourth-order valence-electron chi connectivity index (χ4n) is 1.79. The van der Waals surface area contributed by atoms with Gasteiger partial charge in [-0.05, 0) is 38.1 Å². The molecule has 1 amide bonds. The highest BCUT2D eigenvalue weighted by Gasteiger charge is 2.34. The van der Waals surface area contributed by atoms with Crippen molar-refractivity contribution in [3.63, 3.8) is 0 Å². The molecule has 0 aromatic heterocycles. The Hall–Kier alpha value is -0.570. The number of piperidine rings is 1. The van der Waals surface area contributed by atoms with Gasteiger partial charge < -0.3 is 10.6 Å². The molecule has 0 aromatic rings. The molecule has 1 unspecified atom stereocenters.